The number of aliphatic hydroxyl groups is 1. The van der Waals surface area contributed by atoms with Crippen LogP contribution in [0.5, 0.6) is 0 Å². The maximum atomic E-state index is 12.0. The lowest BCUT2D eigenvalue weighted by molar-refractivity contribution is -0.142. The first-order chi connectivity index (χ1) is 9.31. The summed E-state index contributed by atoms with van der Waals surface area (Å²) in [7, 11) is 1.48. The summed E-state index contributed by atoms with van der Waals surface area (Å²) in [6.45, 7) is 0.348. The van der Waals surface area contributed by atoms with E-state index in [1.54, 1.807) is 0 Å². The molecule has 2 N–H and O–H groups in total. The molecular formula is C12H21F3N2O3. The smallest absolute Gasteiger partial charge is 0.389 e. The Morgan fingerprint density at radius 2 is 2.25 bits per heavy atom. The van der Waals surface area contributed by atoms with Crippen LogP contribution < -0.4 is 5.32 Å². The van der Waals surface area contributed by atoms with Crippen LogP contribution in [0.4, 0.5) is 13.2 Å². The summed E-state index contributed by atoms with van der Waals surface area (Å²) in [5, 5.41) is 11.5. The van der Waals surface area contributed by atoms with Crippen molar-refractivity contribution >= 4 is 5.91 Å². The molecule has 5 nitrogen and oxygen atoms in total. The highest BCUT2D eigenvalue weighted by atomic mass is 19.4. The molecule has 0 radical (unpaired) electrons. The normalized spacial score (nSPS) is 22.6. The third kappa shape index (κ3) is 6.53. The average Bonchev–Trinajstić information content (AvgIpc) is 2.35. The number of ether oxygens (including phenoxy) is 1. The number of carbonyl (C=O) groups is 1. The molecule has 0 aromatic heterocycles. The molecule has 0 aromatic rings. The van der Waals surface area contributed by atoms with Crippen molar-refractivity contribution < 1.29 is 27.8 Å². The van der Waals surface area contributed by atoms with Gasteiger partial charge in [0.15, 0.2) is 0 Å². The van der Waals surface area contributed by atoms with E-state index in [0.717, 1.165) is 13.0 Å². The van der Waals surface area contributed by atoms with Crippen LogP contribution in [0.1, 0.15) is 12.8 Å². The lowest BCUT2D eigenvalue weighted by atomic mass is 9.97. The number of carbonyl (C=O) groups excluding carboxylic acids is 1. The van der Waals surface area contributed by atoms with Gasteiger partial charge in [0, 0.05) is 20.2 Å². The van der Waals surface area contributed by atoms with Gasteiger partial charge in [-0.15, -0.1) is 0 Å². The molecule has 0 unspecified atom stereocenters. The van der Waals surface area contributed by atoms with E-state index in [2.05, 4.69) is 0 Å². The van der Waals surface area contributed by atoms with Gasteiger partial charge < -0.3 is 15.2 Å². The largest absolute Gasteiger partial charge is 0.405 e. The molecule has 0 bridgehead atoms. The molecule has 1 aliphatic heterocycles. The van der Waals surface area contributed by atoms with E-state index in [0.29, 0.717) is 19.5 Å². The number of rotatable bonds is 6. The van der Waals surface area contributed by atoms with Crippen LogP contribution in [-0.4, -0.2) is 68.1 Å². The van der Waals surface area contributed by atoms with E-state index in [-0.39, 0.29) is 6.61 Å². The third-order valence-electron chi connectivity index (χ3n) is 3.17. The number of methoxy groups -OCH3 is 1. The molecule has 0 aliphatic carbocycles. The highest BCUT2D eigenvalue weighted by Gasteiger charge is 2.31. The summed E-state index contributed by atoms with van der Waals surface area (Å²) in [6.07, 6.45) is -3.75. The van der Waals surface area contributed by atoms with Crippen LogP contribution in [0, 0.1) is 5.92 Å². The number of β-amino-alcohol motifs (C(OH)–C–C–N with tert-alkyl or cyclic N) is 1. The quantitative estimate of drug-likeness (QED) is 0.744. The molecule has 118 valence electrons. The van der Waals surface area contributed by atoms with Crippen LogP contribution in [0.25, 0.3) is 0 Å². The van der Waals surface area contributed by atoms with Gasteiger partial charge in [-0.2, -0.15) is 13.2 Å². The van der Waals surface area contributed by atoms with Crippen molar-refractivity contribution in [1.82, 2.24) is 10.2 Å². The molecule has 1 fully saturated rings. The first-order valence-corrected chi connectivity index (χ1v) is 6.55. The highest BCUT2D eigenvalue weighted by Crippen LogP contribution is 2.18. The van der Waals surface area contributed by atoms with E-state index in [4.69, 9.17) is 4.74 Å². The fourth-order valence-electron chi connectivity index (χ4n) is 2.31. The van der Waals surface area contributed by atoms with Crippen LogP contribution in [0.15, 0.2) is 0 Å². The number of alkyl halides is 3. The van der Waals surface area contributed by atoms with Crippen molar-refractivity contribution in [3.8, 4) is 0 Å². The van der Waals surface area contributed by atoms with Crippen LogP contribution >= 0.6 is 0 Å². The maximum absolute atomic E-state index is 12.0. The number of hydrogen-bond donors (Lipinski definition) is 2. The summed E-state index contributed by atoms with van der Waals surface area (Å²) in [6, 6.07) is 0. The Hall–Kier alpha value is -0.860. The zero-order valence-electron chi connectivity index (χ0n) is 11.4. The molecular weight excluding hydrogens is 277 g/mol. The predicted molar refractivity (Wildman–Crippen MR) is 66.1 cm³/mol. The minimum absolute atomic E-state index is 0.196. The van der Waals surface area contributed by atoms with Gasteiger partial charge in [0.25, 0.3) is 0 Å². The van der Waals surface area contributed by atoms with E-state index < -0.39 is 30.7 Å². The number of nitrogens with zero attached hydrogens (tertiary/aromatic N) is 1. The number of piperidine rings is 1. The third-order valence-corrected chi connectivity index (χ3v) is 3.17. The van der Waals surface area contributed by atoms with Gasteiger partial charge >= 0.3 is 6.18 Å². The monoisotopic (exact) mass is 298 g/mol. The molecule has 0 spiro atoms. The number of hydrogen-bond acceptors (Lipinski definition) is 4. The average molecular weight is 298 g/mol. The second kappa shape index (κ2) is 7.80. The van der Waals surface area contributed by atoms with Gasteiger partial charge in [0.1, 0.15) is 6.54 Å². The molecule has 8 heteroatoms. The van der Waals surface area contributed by atoms with Crippen molar-refractivity contribution in [3.05, 3.63) is 0 Å². The summed E-state index contributed by atoms with van der Waals surface area (Å²) in [5.74, 6) is -1.03. The molecule has 1 aliphatic rings. The zero-order chi connectivity index (χ0) is 15.2. The van der Waals surface area contributed by atoms with Crippen molar-refractivity contribution in [3.63, 3.8) is 0 Å². The van der Waals surface area contributed by atoms with Gasteiger partial charge in [-0.25, -0.2) is 0 Å². The minimum Gasteiger partial charge on any atom is -0.389 e. The van der Waals surface area contributed by atoms with Crippen molar-refractivity contribution in [1.29, 1.82) is 0 Å². The predicted octanol–water partition coefficient (Wildman–Crippen LogP) is 0.384. The molecule has 0 aromatic carbocycles. The Morgan fingerprint density at radius 3 is 2.85 bits per heavy atom. The summed E-state index contributed by atoms with van der Waals surface area (Å²) >= 11 is 0. The van der Waals surface area contributed by atoms with Crippen molar-refractivity contribution in [2.24, 2.45) is 5.92 Å². The second-order valence-electron chi connectivity index (χ2n) is 5.04. The fraction of sp³-hybridized carbons (Fsp3) is 0.917. The molecule has 0 saturated carbocycles. The summed E-state index contributed by atoms with van der Waals surface area (Å²) in [5.41, 5.74) is 0. The van der Waals surface area contributed by atoms with Gasteiger partial charge in [-0.1, -0.05) is 0 Å². The lowest BCUT2D eigenvalue weighted by Gasteiger charge is -2.33. The fourth-order valence-corrected chi connectivity index (χ4v) is 2.31. The number of aliphatic hydroxyl groups excluding tert-OH is 1. The Bertz CT molecular complexity index is 313. The van der Waals surface area contributed by atoms with Gasteiger partial charge in [0.2, 0.25) is 5.91 Å². The Morgan fingerprint density at radius 1 is 1.55 bits per heavy atom. The number of likely N-dealkylation sites (tertiary alicyclic amines) is 1. The van der Waals surface area contributed by atoms with Crippen LogP contribution in [0.3, 0.4) is 0 Å². The first-order valence-electron chi connectivity index (χ1n) is 6.55. The Kier molecular flexibility index (Phi) is 6.70. The SMILES string of the molecule is COC[C@@H](O)CN1CCC[C@@H](C(=O)NCC(F)(F)F)C1. The van der Waals surface area contributed by atoms with E-state index >= 15 is 0 Å². The molecule has 1 amide bonds. The summed E-state index contributed by atoms with van der Waals surface area (Å²) in [4.78, 5) is 13.6. The lowest BCUT2D eigenvalue weighted by Crippen LogP contribution is -2.47. The number of amides is 1. The highest BCUT2D eigenvalue weighted by molar-refractivity contribution is 5.79. The van der Waals surface area contributed by atoms with Crippen LogP contribution in [-0.2, 0) is 9.53 Å². The van der Waals surface area contributed by atoms with E-state index in [9.17, 15) is 23.1 Å². The summed E-state index contributed by atoms with van der Waals surface area (Å²) < 4.78 is 40.9. The molecule has 1 saturated heterocycles. The molecule has 1 heterocycles. The Labute approximate surface area is 116 Å². The van der Waals surface area contributed by atoms with Crippen molar-refractivity contribution in [2.45, 2.75) is 25.1 Å². The van der Waals surface area contributed by atoms with Crippen molar-refractivity contribution in [2.75, 3.05) is 39.9 Å². The van der Waals surface area contributed by atoms with Gasteiger partial charge in [-0.3, -0.25) is 9.69 Å². The molecule has 2 atom stereocenters. The van der Waals surface area contributed by atoms with Crippen LogP contribution in [0.2, 0.25) is 0 Å². The van der Waals surface area contributed by atoms with Gasteiger partial charge in [0.05, 0.1) is 18.6 Å². The first kappa shape index (κ1) is 17.2. The topological polar surface area (TPSA) is 61.8 Å². The van der Waals surface area contributed by atoms with Gasteiger partial charge in [-0.05, 0) is 19.4 Å². The maximum Gasteiger partial charge on any atom is 0.405 e. The molecule has 20 heavy (non-hydrogen) atoms. The van der Waals surface area contributed by atoms with E-state index in [1.165, 1.54) is 7.11 Å². The number of halogens is 3. The number of nitrogens with one attached hydrogen (secondary N) is 1. The Balaban J connectivity index is 2.38. The standard InChI is InChI=1S/C12H21F3N2O3/c1-20-7-10(18)6-17-4-2-3-9(5-17)11(19)16-8-12(13,14)15/h9-10,18H,2-8H2,1H3,(H,16,19)/t9-,10+/m1/s1. The zero-order valence-corrected chi connectivity index (χ0v) is 11.4. The minimum atomic E-state index is -4.39. The second-order valence-corrected chi connectivity index (χ2v) is 5.04. The van der Waals surface area contributed by atoms with E-state index in [1.807, 2.05) is 10.2 Å². The molecule has 1 rings (SSSR count).